The number of rotatable bonds is 2. The Morgan fingerprint density at radius 1 is 1.35 bits per heavy atom. The van der Waals surface area contributed by atoms with Gasteiger partial charge in [0.2, 0.25) is 0 Å². The van der Waals surface area contributed by atoms with Crippen molar-refractivity contribution < 1.29 is 9.53 Å². The highest BCUT2D eigenvalue weighted by atomic mass is 16.5. The second kappa shape index (κ2) is 4.63. The number of ether oxygens (including phenoxy) is 1. The molecule has 0 aromatic rings. The fourth-order valence-electron chi connectivity index (χ4n) is 2.48. The van der Waals surface area contributed by atoms with Crippen molar-refractivity contribution in [2.75, 3.05) is 32.8 Å². The largest absolute Gasteiger partial charge is 0.464 e. The molecule has 0 aliphatic carbocycles. The first kappa shape index (κ1) is 12.3. The average molecular weight is 237 g/mol. The van der Waals surface area contributed by atoms with Gasteiger partial charge in [0, 0.05) is 32.6 Å². The van der Waals surface area contributed by atoms with Gasteiger partial charge in [-0.2, -0.15) is 5.26 Å². The van der Waals surface area contributed by atoms with Gasteiger partial charge in [-0.25, -0.2) is 0 Å². The molecule has 0 spiro atoms. The number of piperazine rings is 1. The maximum atomic E-state index is 11.5. The van der Waals surface area contributed by atoms with Gasteiger partial charge in [-0.15, -0.1) is 0 Å². The van der Waals surface area contributed by atoms with Crippen LogP contribution in [0.15, 0.2) is 0 Å². The number of carbonyl (C=O) groups excluding carboxylic acids is 1. The van der Waals surface area contributed by atoms with Crippen LogP contribution in [-0.4, -0.2) is 60.1 Å². The lowest BCUT2D eigenvalue weighted by atomic mass is 10.0. The van der Waals surface area contributed by atoms with E-state index in [2.05, 4.69) is 15.9 Å². The molecule has 0 N–H and O–H groups in total. The van der Waals surface area contributed by atoms with Gasteiger partial charge in [0.25, 0.3) is 0 Å². The zero-order valence-corrected chi connectivity index (χ0v) is 10.5. The molecule has 0 saturated carbocycles. The zero-order chi connectivity index (χ0) is 12.5. The summed E-state index contributed by atoms with van der Waals surface area (Å²) in [7, 11) is 0. The summed E-state index contributed by atoms with van der Waals surface area (Å²) in [6, 6.07) is 2.27. The Kier molecular flexibility index (Phi) is 3.36. The minimum absolute atomic E-state index is 0.0534. The van der Waals surface area contributed by atoms with E-state index in [0.29, 0.717) is 6.61 Å². The lowest BCUT2D eigenvalue weighted by Crippen LogP contribution is -2.56. The Bertz CT molecular complexity index is 340. The van der Waals surface area contributed by atoms with Crippen molar-refractivity contribution in [1.29, 1.82) is 5.26 Å². The van der Waals surface area contributed by atoms with E-state index in [-0.39, 0.29) is 12.0 Å². The van der Waals surface area contributed by atoms with E-state index in [1.165, 1.54) is 0 Å². The molecule has 1 unspecified atom stereocenters. The monoisotopic (exact) mass is 237 g/mol. The van der Waals surface area contributed by atoms with Crippen LogP contribution in [0.5, 0.6) is 0 Å². The van der Waals surface area contributed by atoms with Gasteiger partial charge < -0.3 is 4.74 Å². The zero-order valence-electron chi connectivity index (χ0n) is 10.5. The molecule has 1 atom stereocenters. The first-order valence-electron chi connectivity index (χ1n) is 6.11. The number of hydrogen-bond donors (Lipinski definition) is 0. The first-order valence-corrected chi connectivity index (χ1v) is 6.11. The van der Waals surface area contributed by atoms with Crippen molar-refractivity contribution in [3.05, 3.63) is 0 Å². The van der Waals surface area contributed by atoms with Gasteiger partial charge in [0.1, 0.15) is 11.6 Å². The fraction of sp³-hybridized carbons (Fsp3) is 0.833. The second-order valence-electron chi connectivity index (χ2n) is 5.17. The smallest absolute Gasteiger partial charge is 0.323 e. The summed E-state index contributed by atoms with van der Waals surface area (Å²) >= 11 is 0. The minimum Gasteiger partial charge on any atom is -0.464 e. The number of esters is 1. The van der Waals surface area contributed by atoms with E-state index in [4.69, 9.17) is 10.00 Å². The summed E-state index contributed by atoms with van der Waals surface area (Å²) in [4.78, 5) is 15.8. The molecule has 0 radical (unpaired) electrons. The third kappa shape index (κ3) is 2.43. The normalized spacial score (nSPS) is 27.8. The lowest BCUT2D eigenvalue weighted by Gasteiger charge is -2.41. The molecule has 0 bridgehead atoms. The van der Waals surface area contributed by atoms with Crippen molar-refractivity contribution in [2.45, 2.75) is 31.8 Å². The molecular weight excluding hydrogens is 218 g/mol. The molecule has 2 rings (SSSR count). The molecule has 0 amide bonds. The Balaban J connectivity index is 1.90. The molecule has 0 aromatic heterocycles. The number of hydrogen-bond acceptors (Lipinski definition) is 5. The van der Waals surface area contributed by atoms with E-state index in [9.17, 15) is 4.79 Å². The van der Waals surface area contributed by atoms with E-state index in [0.717, 1.165) is 32.6 Å². The third-order valence-corrected chi connectivity index (χ3v) is 3.73. The Morgan fingerprint density at radius 3 is 2.47 bits per heavy atom. The molecule has 2 heterocycles. The number of cyclic esters (lactones) is 1. The van der Waals surface area contributed by atoms with E-state index in [1.807, 2.05) is 13.8 Å². The molecular formula is C12H19N3O2. The molecule has 2 saturated heterocycles. The van der Waals surface area contributed by atoms with Gasteiger partial charge in [0.15, 0.2) is 0 Å². The Hall–Kier alpha value is -1.12. The van der Waals surface area contributed by atoms with Crippen LogP contribution in [0.1, 0.15) is 20.3 Å². The number of carbonyl (C=O) groups is 1. The highest BCUT2D eigenvalue weighted by Gasteiger charge is 2.36. The Morgan fingerprint density at radius 2 is 2.00 bits per heavy atom. The van der Waals surface area contributed by atoms with E-state index >= 15 is 0 Å². The highest BCUT2D eigenvalue weighted by molar-refractivity contribution is 5.77. The maximum Gasteiger partial charge on any atom is 0.323 e. The average Bonchev–Trinajstić information content (AvgIpc) is 2.76. The molecule has 2 aliphatic heterocycles. The van der Waals surface area contributed by atoms with Crippen LogP contribution in [0.3, 0.4) is 0 Å². The summed E-state index contributed by atoms with van der Waals surface area (Å²) in [5, 5.41) is 9.09. The topological polar surface area (TPSA) is 56.6 Å². The summed E-state index contributed by atoms with van der Waals surface area (Å²) in [5.41, 5.74) is -0.414. The predicted molar refractivity (Wildman–Crippen MR) is 62.2 cm³/mol. The lowest BCUT2D eigenvalue weighted by molar-refractivity contribution is -0.143. The Labute approximate surface area is 102 Å². The van der Waals surface area contributed by atoms with Crippen molar-refractivity contribution in [3.8, 4) is 6.07 Å². The molecule has 17 heavy (non-hydrogen) atoms. The third-order valence-electron chi connectivity index (χ3n) is 3.73. The molecule has 2 aliphatic rings. The first-order chi connectivity index (χ1) is 8.04. The van der Waals surface area contributed by atoms with Crippen molar-refractivity contribution in [3.63, 3.8) is 0 Å². The second-order valence-corrected chi connectivity index (χ2v) is 5.17. The number of nitriles is 1. The molecule has 2 fully saturated rings. The molecule has 5 nitrogen and oxygen atoms in total. The van der Waals surface area contributed by atoms with Crippen molar-refractivity contribution >= 4 is 5.97 Å². The van der Waals surface area contributed by atoms with Crippen LogP contribution in [0.4, 0.5) is 0 Å². The van der Waals surface area contributed by atoms with Gasteiger partial charge in [-0.3, -0.25) is 14.6 Å². The van der Waals surface area contributed by atoms with E-state index in [1.54, 1.807) is 0 Å². The van der Waals surface area contributed by atoms with Gasteiger partial charge >= 0.3 is 5.97 Å². The van der Waals surface area contributed by atoms with Crippen LogP contribution < -0.4 is 0 Å². The standard InChI is InChI=1S/C12H19N3O2/c1-12(2,9-13)15-6-4-14(5-7-15)10-3-8-17-11(10)16/h10H,3-8H2,1-2H3. The molecule has 0 aromatic carbocycles. The van der Waals surface area contributed by atoms with Crippen LogP contribution in [0.2, 0.25) is 0 Å². The van der Waals surface area contributed by atoms with Gasteiger partial charge in [-0.1, -0.05) is 0 Å². The fourth-order valence-corrected chi connectivity index (χ4v) is 2.48. The summed E-state index contributed by atoms with van der Waals surface area (Å²) in [6.07, 6.45) is 0.806. The highest BCUT2D eigenvalue weighted by Crippen LogP contribution is 2.20. The molecule has 5 heteroatoms. The van der Waals surface area contributed by atoms with Crippen molar-refractivity contribution in [1.82, 2.24) is 9.80 Å². The van der Waals surface area contributed by atoms with Crippen molar-refractivity contribution in [2.24, 2.45) is 0 Å². The molecule has 94 valence electrons. The quantitative estimate of drug-likeness (QED) is 0.643. The summed E-state index contributed by atoms with van der Waals surface area (Å²) in [6.45, 7) is 7.77. The van der Waals surface area contributed by atoms with Crippen LogP contribution >= 0.6 is 0 Å². The minimum atomic E-state index is -0.414. The summed E-state index contributed by atoms with van der Waals surface area (Å²) < 4.78 is 4.99. The summed E-state index contributed by atoms with van der Waals surface area (Å²) in [5.74, 6) is -0.0852. The SMILES string of the molecule is CC(C)(C#N)N1CCN(C2CCOC2=O)CC1. The van der Waals surface area contributed by atoms with Crippen LogP contribution in [-0.2, 0) is 9.53 Å². The van der Waals surface area contributed by atoms with Gasteiger partial charge in [0.05, 0.1) is 12.7 Å². The maximum absolute atomic E-state index is 11.5. The van der Waals surface area contributed by atoms with E-state index < -0.39 is 5.54 Å². The number of nitrogens with zero attached hydrogens (tertiary/aromatic N) is 3. The van der Waals surface area contributed by atoms with Crippen LogP contribution in [0.25, 0.3) is 0 Å². The predicted octanol–water partition coefficient (Wildman–Crippen LogP) is 0.222. The van der Waals surface area contributed by atoms with Gasteiger partial charge in [-0.05, 0) is 13.8 Å². The van der Waals surface area contributed by atoms with Crippen LogP contribution in [0, 0.1) is 11.3 Å².